The number of fused-ring (bicyclic) bond motifs is 13. The van der Waals surface area contributed by atoms with Crippen molar-refractivity contribution in [1.29, 1.82) is 0 Å². The normalized spacial score (nSPS) is 16.8. The van der Waals surface area contributed by atoms with Gasteiger partial charge in [-0.3, -0.25) is 0 Å². The number of rotatable bonds is 5. The Morgan fingerprint density at radius 3 is 1.43 bits per heavy atom. The van der Waals surface area contributed by atoms with E-state index in [-0.39, 0.29) is 5.41 Å². The molecule has 8 aromatic rings. The Bertz CT molecular complexity index is 2940. The first-order valence-corrected chi connectivity index (χ1v) is 21.1. The van der Waals surface area contributed by atoms with E-state index < -0.39 is 11.3 Å². The Morgan fingerprint density at radius 2 is 0.862 bits per heavy atom. The number of hydrogen-bond donors (Lipinski definition) is 0. The van der Waals surface area contributed by atoms with Crippen LogP contribution in [-0.2, 0) is 10.8 Å². The number of nitrogens with zero attached hydrogens (tertiary/aromatic N) is 1. The highest BCUT2D eigenvalue weighted by Crippen LogP contribution is 2.63. The van der Waals surface area contributed by atoms with Crippen molar-refractivity contribution in [2.75, 3.05) is 4.90 Å². The smallest absolute Gasteiger partial charge is 0.0726 e. The molecule has 12 rings (SSSR count). The molecule has 1 spiro atoms. The molecule has 1 nitrogen and oxygen atoms in total. The van der Waals surface area contributed by atoms with E-state index in [1.54, 1.807) is 0 Å². The summed E-state index contributed by atoms with van der Waals surface area (Å²) in [5.74, 6) is -0.478. The molecule has 1 heteroatoms. The van der Waals surface area contributed by atoms with E-state index in [4.69, 9.17) is 0 Å². The van der Waals surface area contributed by atoms with E-state index >= 15 is 0 Å². The first kappa shape index (κ1) is 32.6. The SMILES string of the molecule is [2H]C1(c2ccc(-c3ccccc3N(c3ccc4c(c3)C(C)(C)c3ccccc3-4)c3ccc4c(c3)C3(c5ccccc5-c5ccccc53)c3ccccc3-4)cc2)CCCC1. The first-order chi connectivity index (χ1) is 28.9. The molecule has 1 saturated carbocycles. The second-order valence-electron chi connectivity index (χ2n) is 17.3. The monoisotopic (exact) mass is 744 g/mol. The number of hydrogen-bond acceptors (Lipinski definition) is 1. The highest BCUT2D eigenvalue weighted by Gasteiger charge is 2.51. The summed E-state index contributed by atoms with van der Waals surface area (Å²) < 4.78 is 9.23. The first-order valence-electron chi connectivity index (χ1n) is 21.6. The maximum atomic E-state index is 9.23. The number of benzene rings is 8. The molecule has 0 N–H and O–H groups in total. The zero-order valence-corrected chi connectivity index (χ0v) is 33.1. The summed E-state index contributed by atoms with van der Waals surface area (Å²) in [6.45, 7) is 4.74. The van der Waals surface area contributed by atoms with Crippen LogP contribution in [0.1, 0.15) is 85.7 Å². The summed E-state index contributed by atoms with van der Waals surface area (Å²) in [4.78, 5) is 2.51. The van der Waals surface area contributed by atoms with Crippen LogP contribution in [0, 0.1) is 0 Å². The van der Waals surface area contributed by atoms with Crippen molar-refractivity contribution in [3.63, 3.8) is 0 Å². The predicted octanol–water partition coefficient (Wildman–Crippen LogP) is 15.1. The maximum Gasteiger partial charge on any atom is 0.0726 e. The van der Waals surface area contributed by atoms with Crippen molar-refractivity contribution in [2.24, 2.45) is 0 Å². The molecule has 4 aliphatic carbocycles. The minimum absolute atomic E-state index is 0.143. The van der Waals surface area contributed by atoms with Crippen LogP contribution in [0.4, 0.5) is 17.1 Å². The van der Waals surface area contributed by atoms with E-state index in [0.717, 1.165) is 53.9 Å². The molecule has 0 atom stereocenters. The average molecular weight is 745 g/mol. The average Bonchev–Trinajstić information content (AvgIpc) is 4.01. The van der Waals surface area contributed by atoms with Gasteiger partial charge in [0.1, 0.15) is 0 Å². The molecule has 8 aromatic carbocycles. The summed E-state index contributed by atoms with van der Waals surface area (Å²) in [7, 11) is 0. The lowest BCUT2D eigenvalue weighted by Crippen LogP contribution is -2.26. The molecular formula is C57H45N. The molecular weight excluding hydrogens is 699 g/mol. The summed E-state index contributed by atoms with van der Waals surface area (Å²) in [6.07, 6.45) is 4.15. The Morgan fingerprint density at radius 1 is 0.431 bits per heavy atom. The van der Waals surface area contributed by atoms with E-state index in [0.29, 0.717) is 0 Å². The largest absolute Gasteiger partial charge is 0.310 e. The quantitative estimate of drug-likeness (QED) is 0.170. The third kappa shape index (κ3) is 4.59. The van der Waals surface area contributed by atoms with Crippen molar-refractivity contribution in [3.8, 4) is 44.5 Å². The zero-order valence-electron chi connectivity index (χ0n) is 34.1. The Hall–Kier alpha value is -6.44. The molecule has 0 aliphatic heterocycles. The topological polar surface area (TPSA) is 3.24 Å². The highest BCUT2D eigenvalue weighted by molar-refractivity contribution is 5.97. The Labute approximate surface area is 343 Å². The van der Waals surface area contributed by atoms with Gasteiger partial charge in [-0.15, -0.1) is 0 Å². The van der Waals surface area contributed by atoms with Gasteiger partial charge >= 0.3 is 0 Å². The molecule has 0 heterocycles. The molecule has 278 valence electrons. The van der Waals surface area contributed by atoms with Gasteiger partial charge in [0.05, 0.1) is 11.1 Å². The molecule has 4 aliphatic rings. The summed E-state index contributed by atoms with van der Waals surface area (Å²) >= 11 is 0. The van der Waals surface area contributed by atoms with Crippen LogP contribution in [-0.4, -0.2) is 0 Å². The van der Waals surface area contributed by atoms with E-state index in [9.17, 15) is 1.37 Å². The third-order valence-corrected chi connectivity index (χ3v) is 14.0. The highest BCUT2D eigenvalue weighted by atomic mass is 15.1. The predicted molar refractivity (Wildman–Crippen MR) is 242 cm³/mol. The van der Waals surface area contributed by atoms with Crippen LogP contribution in [0.3, 0.4) is 0 Å². The van der Waals surface area contributed by atoms with E-state index in [2.05, 4.69) is 201 Å². The zero-order chi connectivity index (χ0) is 39.5. The number of anilines is 3. The second kappa shape index (κ2) is 12.5. The lowest BCUT2D eigenvalue weighted by molar-refractivity contribution is 0.660. The number of para-hydroxylation sites is 1. The fourth-order valence-electron chi connectivity index (χ4n) is 11.4. The van der Waals surface area contributed by atoms with Crippen LogP contribution in [0.15, 0.2) is 182 Å². The van der Waals surface area contributed by atoms with Gasteiger partial charge in [0.15, 0.2) is 0 Å². The van der Waals surface area contributed by atoms with Crippen LogP contribution < -0.4 is 4.90 Å². The van der Waals surface area contributed by atoms with Crippen molar-refractivity contribution in [1.82, 2.24) is 0 Å². The standard InChI is InChI=1S/C57H45N/c1-56(2)49-22-10-5-18-43(49)47-33-31-40(35-53(47)56)58(55-26-14-9-17-42(55)39-29-27-38(28-30-39)37-15-3-4-16-37)41-32-34-48-46-21-8-13-25-52(46)57(54(48)36-41)50-23-11-6-19-44(50)45-20-7-12-24-51(45)57/h5-14,17-37H,3-4,15-16H2,1-2H3/i37D. The molecule has 0 saturated heterocycles. The second-order valence-corrected chi connectivity index (χ2v) is 17.3. The van der Waals surface area contributed by atoms with E-state index in [1.165, 1.54) is 72.3 Å². The van der Waals surface area contributed by atoms with Crippen LogP contribution in [0.2, 0.25) is 0 Å². The van der Waals surface area contributed by atoms with Crippen LogP contribution >= 0.6 is 0 Å². The lowest BCUT2D eigenvalue weighted by atomic mass is 9.70. The lowest BCUT2D eigenvalue weighted by Gasteiger charge is -2.33. The fraction of sp³-hybridized carbons (Fsp3) is 0.158. The van der Waals surface area contributed by atoms with Crippen molar-refractivity contribution in [2.45, 2.75) is 56.3 Å². The molecule has 0 aromatic heterocycles. The van der Waals surface area contributed by atoms with Gasteiger partial charge in [-0.1, -0.05) is 178 Å². The summed E-state index contributed by atoms with van der Waals surface area (Å²) in [5, 5.41) is 0. The van der Waals surface area contributed by atoms with E-state index in [1.807, 2.05) is 0 Å². The van der Waals surface area contributed by atoms with Crippen molar-refractivity contribution >= 4 is 17.1 Å². The van der Waals surface area contributed by atoms with Gasteiger partial charge in [-0.25, -0.2) is 0 Å². The molecule has 0 bridgehead atoms. The van der Waals surface area contributed by atoms with Crippen LogP contribution in [0.5, 0.6) is 0 Å². The fourth-order valence-corrected chi connectivity index (χ4v) is 11.4. The molecule has 0 radical (unpaired) electrons. The summed E-state index contributed by atoms with van der Waals surface area (Å²) in [5.41, 5.74) is 22.3. The van der Waals surface area contributed by atoms with Crippen LogP contribution in [0.25, 0.3) is 44.5 Å². The maximum absolute atomic E-state index is 9.23. The minimum Gasteiger partial charge on any atom is -0.310 e. The van der Waals surface area contributed by atoms with Gasteiger partial charge in [-0.2, -0.15) is 0 Å². The summed E-state index contributed by atoms with van der Waals surface area (Å²) in [6, 6.07) is 68.3. The Kier molecular flexibility index (Phi) is 7.05. The molecule has 1 fully saturated rings. The van der Waals surface area contributed by atoms with Gasteiger partial charge in [-0.05, 0) is 127 Å². The Balaban J connectivity index is 1.10. The molecule has 0 unspecified atom stereocenters. The molecule has 0 amide bonds. The minimum atomic E-state index is -0.478. The van der Waals surface area contributed by atoms with Crippen molar-refractivity contribution < 1.29 is 1.37 Å². The van der Waals surface area contributed by atoms with Gasteiger partial charge in [0.2, 0.25) is 0 Å². The van der Waals surface area contributed by atoms with Crippen molar-refractivity contribution in [3.05, 3.63) is 221 Å². The van der Waals surface area contributed by atoms with Gasteiger partial charge in [0.25, 0.3) is 0 Å². The van der Waals surface area contributed by atoms with Gasteiger partial charge in [0, 0.05) is 23.7 Å². The van der Waals surface area contributed by atoms with Gasteiger partial charge < -0.3 is 4.90 Å². The third-order valence-electron chi connectivity index (χ3n) is 14.0. The molecule has 58 heavy (non-hydrogen) atoms.